The second-order valence-electron chi connectivity index (χ2n) is 4.17. The molecule has 2 aromatic rings. The van der Waals surface area contributed by atoms with Crippen LogP contribution in [0.1, 0.15) is 5.56 Å². The van der Waals surface area contributed by atoms with E-state index in [-0.39, 0.29) is 6.42 Å². The number of aliphatic carboxylic acids is 1. The lowest BCUT2D eigenvalue weighted by molar-refractivity contribution is -0.151. The number of benzene rings is 1. The van der Waals surface area contributed by atoms with E-state index in [2.05, 4.69) is 4.98 Å². The molecule has 0 spiro atoms. The number of carboxylic acids is 1. The standard InChI is InChI=1S/C13H14N2O4/c14-12(16)7-19-11(13(17)18)5-8-6-15-10-4-2-1-3-9(8)10/h1-4,6,11,15H,5,7H2,(H2,14,16)(H,17,18)/t11-/m0/s1. The lowest BCUT2D eigenvalue weighted by Crippen LogP contribution is -2.30. The Hall–Kier alpha value is -2.34. The smallest absolute Gasteiger partial charge is 0.333 e. The molecule has 1 aromatic carbocycles. The van der Waals surface area contributed by atoms with Gasteiger partial charge in [-0.05, 0) is 11.6 Å². The fourth-order valence-electron chi connectivity index (χ4n) is 1.90. The van der Waals surface area contributed by atoms with Gasteiger partial charge in [-0.1, -0.05) is 18.2 Å². The first-order valence-electron chi connectivity index (χ1n) is 5.75. The van der Waals surface area contributed by atoms with Gasteiger partial charge in [0.15, 0.2) is 6.10 Å². The number of primary amides is 1. The number of aromatic nitrogens is 1. The molecule has 0 aliphatic carbocycles. The molecule has 19 heavy (non-hydrogen) atoms. The molecule has 6 nitrogen and oxygen atoms in total. The van der Waals surface area contributed by atoms with E-state index in [0.717, 1.165) is 16.5 Å². The monoisotopic (exact) mass is 262 g/mol. The molecule has 0 bridgehead atoms. The highest BCUT2D eigenvalue weighted by molar-refractivity contribution is 5.84. The Kier molecular flexibility index (Phi) is 3.82. The zero-order valence-electron chi connectivity index (χ0n) is 10.1. The number of rotatable bonds is 6. The average Bonchev–Trinajstić information content (AvgIpc) is 2.77. The third-order valence-corrected chi connectivity index (χ3v) is 2.78. The Morgan fingerprint density at radius 3 is 2.79 bits per heavy atom. The summed E-state index contributed by atoms with van der Waals surface area (Å²) < 4.78 is 5.00. The first kappa shape index (κ1) is 13.1. The van der Waals surface area contributed by atoms with E-state index in [1.807, 2.05) is 24.3 Å². The SMILES string of the molecule is NC(=O)CO[C@@H](Cc1c[nH]c2ccccc12)C(=O)O. The van der Waals surface area contributed by atoms with Crippen LogP contribution in [0.15, 0.2) is 30.5 Å². The molecule has 6 heteroatoms. The Morgan fingerprint density at radius 1 is 1.37 bits per heavy atom. The molecule has 1 heterocycles. The Labute approximate surface area is 109 Å². The Morgan fingerprint density at radius 2 is 2.11 bits per heavy atom. The number of hydrogen-bond donors (Lipinski definition) is 3. The molecule has 4 N–H and O–H groups in total. The van der Waals surface area contributed by atoms with Gasteiger partial charge in [-0.3, -0.25) is 4.79 Å². The number of carboxylic acid groups (broad SMARTS) is 1. The van der Waals surface area contributed by atoms with E-state index >= 15 is 0 Å². The van der Waals surface area contributed by atoms with E-state index in [1.54, 1.807) is 6.20 Å². The van der Waals surface area contributed by atoms with Crippen LogP contribution in [0.2, 0.25) is 0 Å². The van der Waals surface area contributed by atoms with Crippen LogP contribution in [0, 0.1) is 0 Å². The number of H-pyrrole nitrogens is 1. The summed E-state index contributed by atoms with van der Waals surface area (Å²) >= 11 is 0. The number of nitrogens with two attached hydrogens (primary N) is 1. The second-order valence-corrected chi connectivity index (χ2v) is 4.17. The molecule has 0 saturated heterocycles. The minimum Gasteiger partial charge on any atom is -0.479 e. The number of para-hydroxylation sites is 1. The zero-order chi connectivity index (χ0) is 13.8. The first-order valence-corrected chi connectivity index (χ1v) is 5.75. The number of ether oxygens (including phenoxy) is 1. The molecule has 2 rings (SSSR count). The summed E-state index contributed by atoms with van der Waals surface area (Å²) in [6.07, 6.45) is 0.827. The second kappa shape index (κ2) is 5.53. The predicted octanol–water partition coefficient (Wildman–Crippen LogP) is 0.665. The lowest BCUT2D eigenvalue weighted by Gasteiger charge is -2.11. The summed E-state index contributed by atoms with van der Waals surface area (Å²) in [5.74, 6) is -1.81. The van der Waals surface area contributed by atoms with Gasteiger partial charge in [0.2, 0.25) is 5.91 Å². The van der Waals surface area contributed by atoms with Crippen molar-refractivity contribution in [3.63, 3.8) is 0 Å². The number of nitrogens with one attached hydrogen (secondary N) is 1. The third-order valence-electron chi connectivity index (χ3n) is 2.78. The van der Waals surface area contributed by atoms with Gasteiger partial charge in [0, 0.05) is 23.5 Å². The number of hydrogen-bond acceptors (Lipinski definition) is 3. The van der Waals surface area contributed by atoms with E-state index in [0.29, 0.717) is 0 Å². The van der Waals surface area contributed by atoms with Gasteiger partial charge in [-0.15, -0.1) is 0 Å². The van der Waals surface area contributed by atoms with E-state index < -0.39 is 24.6 Å². The van der Waals surface area contributed by atoms with E-state index in [4.69, 9.17) is 15.6 Å². The molecule has 0 unspecified atom stereocenters. The largest absolute Gasteiger partial charge is 0.479 e. The van der Waals surface area contributed by atoms with Crippen molar-refractivity contribution in [2.45, 2.75) is 12.5 Å². The van der Waals surface area contributed by atoms with Gasteiger partial charge in [0.25, 0.3) is 0 Å². The summed E-state index contributed by atoms with van der Waals surface area (Å²) in [7, 11) is 0. The molecule has 0 aliphatic rings. The number of aromatic amines is 1. The highest BCUT2D eigenvalue weighted by atomic mass is 16.5. The summed E-state index contributed by atoms with van der Waals surface area (Å²) in [4.78, 5) is 24.8. The summed E-state index contributed by atoms with van der Waals surface area (Å²) in [5, 5.41) is 10.0. The summed E-state index contributed by atoms with van der Waals surface area (Å²) in [6.45, 7) is -0.403. The average molecular weight is 262 g/mol. The topological polar surface area (TPSA) is 105 Å². The summed E-state index contributed by atoms with van der Waals surface area (Å²) in [5.41, 5.74) is 6.70. The minimum atomic E-state index is -1.12. The van der Waals surface area contributed by atoms with Crippen LogP contribution in [-0.2, 0) is 20.7 Å². The van der Waals surface area contributed by atoms with Crippen LogP contribution < -0.4 is 5.73 Å². The molecule has 1 atom stereocenters. The van der Waals surface area contributed by atoms with Crippen molar-refractivity contribution in [3.8, 4) is 0 Å². The molecule has 0 radical (unpaired) electrons. The maximum Gasteiger partial charge on any atom is 0.333 e. The van der Waals surface area contributed by atoms with Gasteiger partial charge in [-0.2, -0.15) is 0 Å². The van der Waals surface area contributed by atoms with Crippen molar-refractivity contribution in [1.82, 2.24) is 4.98 Å². The predicted molar refractivity (Wildman–Crippen MR) is 68.6 cm³/mol. The number of carbonyl (C=O) groups excluding carboxylic acids is 1. The zero-order valence-corrected chi connectivity index (χ0v) is 10.1. The van der Waals surface area contributed by atoms with Gasteiger partial charge in [0.1, 0.15) is 6.61 Å². The van der Waals surface area contributed by atoms with Gasteiger partial charge in [-0.25, -0.2) is 4.79 Å². The van der Waals surface area contributed by atoms with Crippen molar-refractivity contribution in [3.05, 3.63) is 36.0 Å². The van der Waals surface area contributed by atoms with Crippen LogP contribution >= 0.6 is 0 Å². The van der Waals surface area contributed by atoms with Crippen LogP contribution in [-0.4, -0.2) is 34.7 Å². The van der Waals surface area contributed by atoms with Crippen molar-refractivity contribution < 1.29 is 19.4 Å². The fourth-order valence-corrected chi connectivity index (χ4v) is 1.90. The minimum absolute atomic E-state index is 0.173. The van der Waals surface area contributed by atoms with Gasteiger partial charge in [0.05, 0.1) is 0 Å². The van der Waals surface area contributed by atoms with E-state index in [9.17, 15) is 9.59 Å². The third kappa shape index (κ3) is 3.11. The molecule has 0 saturated carbocycles. The quantitative estimate of drug-likeness (QED) is 0.711. The molecule has 0 aliphatic heterocycles. The molecular weight excluding hydrogens is 248 g/mol. The molecule has 100 valence electrons. The fraction of sp³-hybridized carbons (Fsp3) is 0.231. The van der Waals surface area contributed by atoms with Crippen LogP contribution in [0.5, 0.6) is 0 Å². The van der Waals surface area contributed by atoms with Gasteiger partial charge >= 0.3 is 5.97 Å². The van der Waals surface area contributed by atoms with Crippen molar-refractivity contribution in [1.29, 1.82) is 0 Å². The van der Waals surface area contributed by atoms with Crippen LogP contribution in [0.3, 0.4) is 0 Å². The summed E-state index contributed by atoms with van der Waals surface area (Å²) in [6, 6.07) is 7.56. The first-order chi connectivity index (χ1) is 9.08. The van der Waals surface area contributed by atoms with Crippen molar-refractivity contribution in [2.75, 3.05) is 6.61 Å². The number of amides is 1. The van der Waals surface area contributed by atoms with E-state index in [1.165, 1.54) is 0 Å². The highest BCUT2D eigenvalue weighted by Gasteiger charge is 2.21. The molecular formula is C13H14N2O4. The Balaban J connectivity index is 2.16. The lowest BCUT2D eigenvalue weighted by atomic mass is 10.1. The van der Waals surface area contributed by atoms with Crippen molar-refractivity contribution in [2.24, 2.45) is 5.73 Å². The number of carbonyl (C=O) groups is 2. The normalized spacial score (nSPS) is 12.4. The van der Waals surface area contributed by atoms with Gasteiger partial charge < -0.3 is 20.6 Å². The van der Waals surface area contributed by atoms with Crippen LogP contribution in [0.25, 0.3) is 10.9 Å². The maximum atomic E-state index is 11.1. The van der Waals surface area contributed by atoms with Crippen molar-refractivity contribution >= 4 is 22.8 Å². The molecule has 0 fully saturated rings. The highest BCUT2D eigenvalue weighted by Crippen LogP contribution is 2.19. The molecule has 1 amide bonds. The molecule has 1 aromatic heterocycles. The Bertz CT molecular complexity index is 605. The van der Waals surface area contributed by atoms with Crippen LogP contribution in [0.4, 0.5) is 0 Å². The number of fused-ring (bicyclic) bond motifs is 1. The maximum absolute atomic E-state index is 11.1.